The summed E-state index contributed by atoms with van der Waals surface area (Å²) in [7, 11) is 1.66. The summed E-state index contributed by atoms with van der Waals surface area (Å²) in [4.78, 5) is 39.4. The van der Waals surface area contributed by atoms with Crippen LogP contribution in [0.5, 0.6) is 0 Å². The fourth-order valence-electron chi connectivity index (χ4n) is 2.37. The zero-order valence-electron chi connectivity index (χ0n) is 15.7. The fraction of sp³-hybridized carbons (Fsp3) is 0.350. The monoisotopic (exact) mass is 388 g/mol. The van der Waals surface area contributed by atoms with Crippen molar-refractivity contribution in [3.63, 3.8) is 0 Å². The van der Waals surface area contributed by atoms with Crippen LogP contribution in [-0.4, -0.2) is 42.4 Å². The van der Waals surface area contributed by atoms with Crippen LogP contribution in [0.4, 0.5) is 0 Å². The molecule has 0 aliphatic heterocycles. The Morgan fingerprint density at radius 1 is 1.11 bits per heavy atom. The lowest BCUT2D eigenvalue weighted by atomic mass is 10.0. The van der Waals surface area contributed by atoms with Crippen LogP contribution in [0.1, 0.15) is 29.1 Å². The average Bonchev–Trinajstić information content (AvgIpc) is 3.17. The van der Waals surface area contributed by atoms with Gasteiger partial charge in [-0.2, -0.15) is 0 Å². The van der Waals surface area contributed by atoms with Crippen LogP contribution >= 0.6 is 11.3 Å². The summed E-state index contributed by atoms with van der Waals surface area (Å²) in [5.41, 5.74) is 0.461. The number of hydrogen-bond donors (Lipinski definition) is 1. The second-order valence-corrected chi connectivity index (χ2v) is 7.53. The lowest BCUT2D eigenvalue weighted by Gasteiger charge is -2.22. The Bertz CT molecular complexity index is 760. The Labute approximate surface area is 163 Å². The van der Waals surface area contributed by atoms with E-state index in [4.69, 9.17) is 4.74 Å². The van der Waals surface area contributed by atoms with Crippen LogP contribution < -0.4 is 5.32 Å². The molecule has 0 aliphatic carbocycles. The Morgan fingerprint density at radius 3 is 2.41 bits per heavy atom. The lowest BCUT2D eigenvalue weighted by molar-refractivity contribution is -0.154. The number of ether oxygens (including phenoxy) is 1. The molecule has 1 aromatic heterocycles. The summed E-state index contributed by atoms with van der Waals surface area (Å²) in [5.74, 6) is -1.45. The molecule has 27 heavy (non-hydrogen) atoms. The van der Waals surface area contributed by atoms with Crippen LogP contribution in [0.3, 0.4) is 0 Å². The maximum absolute atomic E-state index is 12.4. The van der Waals surface area contributed by atoms with Crippen molar-refractivity contribution in [1.82, 2.24) is 10.2 Å². The zero-order chi connectivity index (χ0) is 19.8. The van der Waals surface area contributed by atoms with E-state index in [-0.39, 0.29) is 24.3 Å². The molecule has 0 aliphatic rings. The topological polar surface area (TPSA) is 75.7 Å². The van der Waals surface area contributed by atoms with Gasteiger partial charge in [-0.3, -0.25) is 9.59 Å². The maximum atomic E-state index is 12.4. The highest BCUT2D eigenvalue weighted by molar-refractivity contribution is 7.09. The lowest BCUT2D eigenvalue weighted by Crippen LogP contribution is -2.46. The minimum atomic E-state index is -0.826. The Balaban J connectivity index is 1.88. The molecule has 1 heterocycles. The number of carbonyl (C=O) groups excluding carboxylic acids is 3. The number of rotatable bonds is 8. The van der Waals surface area contributed by atoms with Crippen molar-refractivity contribution in [2.24, 2.45) is 5.92 Å². The van der Waals surface area contributed by atoms with E-state index >= 15 is 0 Å². The second kappa shape index (κ2) is 9.87. The van der Waals surface area contributed by atoms with Gasteiger partial charge in [-0.05, 0) is 29.5 Å². The molecule has 2 aromatic rings. The van der Waals surface area contributed by atoms with Crippen molar-refractivity contribution in [2.45, 2.75) is 26.4 Å². The summed E-state index contributed by atoms with van der Waals surface area (Å²) < 4.78 is 5.16. The van der Waals surface area contributed by atoms with Crippen LogP contribution in [0.15, 0.2) is 47.8 Å². The summed E-state index contributed by atoms with van der Waals surface area (Å²) in [6.07, 6.45) is 0. The summed E-state index contributed by atoms with van der Waals surface area (Å²) in [5, 5.41) is 4.63. The largest absolute Gasteiger partial charge is 0.454 e. The number of nitrogens with zero attached hydrogens (tertiary/aromatic N) is 1. The third kappa shape index (κ3) is 6.21. The number of esters is 1. The number of benzene rings is 1. The summed E-state index contributed by atoms with van der Waals surface area (Å²) >= 11 is 1.56. The number of carbonyl (C=O) groups is 3. The molecule has 6 nitrogen and oxygen atoms in total. The standard InChI is InChI=1S/C20H24N2O4S/c1-14(2)18(21-19(24)15-8-5-4-6-9-15)20(25)26-13-17(23)22(3)12-16-10-7-11-27-16/h4-11,14,18H,12-13H2,1-3H3,(H,21,24). The third-order valence-corrected chi connectivity index (χ3v) is 4.84. The van der Waals surface area contributed by atoms with E-state index in [2.05, 4.69) is 5.32 Å². The molecular formula is C20H24N2O4S. The van der Waals surface area contributed by atoms with Crippen molar-refractivity contribution in [3.05, 3.63) is 58.3 Å². The molecule has 0 saturated carbocycles. The second-order valence-electron chi connectivity index (χ2n) is 6.50. The average molecular weight is 388 g/mol. The minimum Gasteiger partial charge on any atom is -0.454 e. The number of likely N-dealkylation sites (N-methyl/N-ethyl adjacent to an activating group) is 1. The van der Waals surface area contributed by atoms with Gasteiger partial charge in [-0.25, -0.2) is 4.79 Å². The summed E-state index contributed by atoms with van der Waals surface area (Å²) in [6, 6.07) is 11.7. The molecule has 0 spiro atoms. The molecule has 0 saturated heterocycles. The van der Waals surface area contributed by atoms with Crippen LogP contribution in [0.25, 0.3) is 0 Å². The number of nitrogens with one attached hydrogen (secondary N) is 1. The smallest absolute Gasteiger partial charge is 0.329 e. The highest BCUT2D eigenvalue weighted by Gasteiger charge is 2.27. The van der Waals surface area contributed by atoms with E-state index in [0.717, 1.165) is 4.88 Å². The van der Waals surface area contributed by atoms with E-state index in [1.807, 2.05) is 37.4 Å². The first-order valence-corrected chi connectivity index (χ1v) is 9.55. The van der Waals surface area contributed by atoms with Gasteiger partial charge in [0, 0.05) is 17.5 Å². The molecule has 1 N–H and O–H groups in total. The van der Waals surface area contributed by atoms with E-state index in [1.165, 1.54) is 4.90 Å². The maximum Gasteiger partial charge on any atom is 0.329 e. The Kier molecular flexibility index (Phi) is 7.55. The predicted molar refractivity (Wildman–Crippen MR) is 104 cm³/mol. The number of thiophene rings is 1. The zero-order valence-corrected chi connectivity index (χ0v) is 16.5. The van der Waals surface area contributed by atoms with Gasteiger partial charge in [0.2, 0.25) is 0 Å². The van der Waals surface area contributed by atoms with E-state index in [0.29, 0.717) is 12.1 Å². The van der Waals surface area contributed by atoms with Gasteiger partial charge >= 0.3 is 5.97 Å². The fourth-order valence-corrected chi connectivity index (χ4v) is 3.13. The molecular weight excluding hydrogens is 364 g/mol. The first kappa shape index (κ1) is 20.6. The Morgan fingerprint density at radius 2 is 1.81 bits per heavy atom. The molecule has 1 aromatic carbocycles. The molecule has 7 heteroatoms. The Hall–Kier alpha value is -2.67. The highest BCUT2D eigenvalue weighted by atomic mass is 32.1. The van der Waals surface area contributed by atoms with Crippen LogP contribution in [-0.2, 0) is 20.9 Å². The van der Waals surface area contributed by atoms with Gasteiger partial charge in [0.05, 0.1) is 6.54 Å². The van der Waals surface area contributed by atoms with Gasteiger partial charge < -0.3 is 15.0 Å². The summed E-state index contributed by atoms with van der Waals surface area (Å²) in [6.45, 7) is 3.72. The van der Waals surface area contributed by atoms with Crippen LogP contribution in [0.2, 0.25) is 0 Å². The first-order valence-electron chi connectivity index (χ1n) is 8.67. The molecule has 0 bridgehead atoms. The van der Waals surface area contributed by atoms with Gasteiger partial charge in [0.15, 0.2) is 6.61 Å². The molecule has 1 unspecified atom stereocenters. The molecule has 0 radical (unpaired) electrons. The molecule has 2 rings (SSSR count). The molecule has 1 atom stereocenters. The quantitative estimate of drug-likeness (QED) is 0.706. The highest BCUT2D eigenvalue weighted by Crippen LogP contribution is 2.11. The van der Waals surface area contributed by atoms with Crippen molar-refractivity contribution in [3.8, 4) is 0 Å². The number of hydrogen-bond acceptors (Lipinski definition) is 5. The number of amides is 2. The van der Waals surface area contributed by atoms with Gasteiger partial charge in [0.1, 0.15) is 6.04 Å². The molecule has 0 fully saturated rings. The molecule has 2 amide bonds. The minimum absolute atomic E-state index is 0.177. The van der Waals surface area contributed by atoms with Crippen molar-refractivity contribution >= 4 is 29.1 Å². The van der Waals surface area contributed by atoms with Gasteiger partial charge in [0.25, 0.3) is 11.8 Å². The van der Waals surface area contributed by atoms with Crippen molar-refractivity contribution in [2.75, 3.05) is 13.7 Å². The van der Waals surface area contributed by atoms with Gasteiger partial charge in [-0.1, -0.05) is 38.1 Å². The third-order valence-electron chi connectivity index (χ3n) is 3.98. The van der Waals surface area contributed by atoms with E-state index in [1.54, 1.807) is 42.6 Å². The van der Waals surface area contributed by atoms with E-state index < -0.39 is 12.0 Å². The van der Waals surface area contributed by atoms with E-state index in [9.17, 15) is 14.4 Å². The van der Waals surface area contributed by atoms with Crippen molar-refractivity contribution in [1.29, 1.82) is 0 Å². The predicted octanol–water partition coefficient (Wildman–Crippen LogP) is 2.70. The van der Waals surface area contributed by atoms with Crippen molar-refractivity contribution < 1.29 is 19.1 Å². The van der Waals surface area contributed by atoms with Crippen LogP contribution in [0, 0.1) is 5.92 Å². The normalized spacial score (nSPS) is 11.7. The first-order chi connectivity index (χ1) is 12.9. The van der Waals surface area contributed by atoms with Gasteiger partial charge in [-0.15, -0.1) is 11.3 Å². The SMILES string of the molecule is CC(C)C(NC(=O)c1ccccc1)C(=O)OCC(=O)N(C)Cc1cccs1. The molecule has 144 valence electrons.